The number of nitro groups is 1. The van der Waals surface area contributed by atoms with E-state index in [1.165, 1.54) is 36.4 Å². The molecule has 1 saturated carbocycles. The number of rotatable bonds is 7. The number of halogens is 3. The molecule has 0 spiro atoms. The highest BCUT2D eigenvalue weighted by molar-refractivity contribution is 6.58. The van der Waals surface area contributed by atoms with Crippen molar-refractivity contribution in [3.05, 3.63) is 106 Å². The van der Waals surface area contributed by atoms with Gasteiger partial charge in [0.1, 0.15) is 18.2 Å². The number of carbonyl (C=O) groups is 4. The monoisotopic (exact) mass is 693 g/mol. The number of carbonyl (C=O) groups excluding carboxylic acids is 4. The standard InChI is InChI=1S/C34H26Cl2FN3O8/c35-33-17-26-24(13-14-25-27(26)30(43)38(29(25)42)20-7-9-22(10-8-20)40(46)47)28(18-1-11-23(12-2-18)48-16-15-41)34(33,36)32(45)39(31(33)44)21-5-3-19(37)4-6-21/h1-13,25-28,41H,14-17H2/t25-,26+,27-,28-,33+,34-/m0/s1. The summed E-state index contributed by atoms with van der Waals surface area (Å²) in [4.78, 5) is 65.0. The number of imide groups is 2. The van der Waals surface area contributed by atoms with E-state index in [1.807, 2.05) is 0 Å². The molecule has 0 bridgehead atoms. The fraction of sp³-hybridized carbons (Fsp3) is 0.294. The zero-order valence-corrected chi connectivity index (χ0v) is 26.4. The van der Waals surface area contributed by atoms with Gasteiger partial charge >= 0.3 is 0 Å². The van der Waals surface area contributed by atoms with Gasteiger partial charge in [0.05, 0.1) is 34.7 Å². The SMILES string of the molecule is O=C1[C@H]2[C@H](CC=C3[C@H]2C[C@@]2(Cl)C(=O)N(c4ccc(F)cc4)C(=O)[C@@]2(Cl)[C@H]3c2ccc(OCCO)cc2)C(=O)N1c1ccc([N+](=O)[O-])cc1. The second kappa shape index (κ2) is 11.5. The first-order valence-corrected chi connectivity index (χ1v) is 15.9. The molecule has 2 heterocycles. The number of aliphatic hydroxyl groups is 1. The van der Waals surface area contributed by atoms with E-state index in [0.29, 0.717) is 16.9 Å². The molecule has 3 fully saturated rings. The lowest BCUT2D eigenvalue weighted by atomic mass is 9.56. The molecule has 0 radical (unpaired) electrons. The molecule has 3 aromatic rings. The maximum Gasteiger partial charge on any atom is 0.269 e. The highest BCUT2D eigenvalue weighted by Crippen LogP contribution is 2.66. The fourth-order valence-corrected chi connectivity index (χ4v) is 8.61. The number of alkyl halides is 2. The summed E-state index contributed by atoms with van der Waals surface area (Å²) in [6.45, 7) is -0.162. The quantitative estimate of drug-likeness (QED) is 0.121. The van der Waals surface area contributed by atoms with Gasteiger partial charge in [-0.1, -0.05) is 23.8 Å². The van der Waals surface area contributed by atoms with Gasteiger partial charge in [-0.2, -0.15) is 0 Å². The number of benzene rings is 3. The number of allylic oxidation sites excluding steroid dienone is 2. The summed E-state index contributed by atoms with van der Waals surface area (Å²) in [7, 11) is 0. The first kappa shape index (κ1) is 31.9. The number of ether oxygens (including phenoxy) is 1. The fourth-order valence-electron chi connectivity index (χ4n) is 7.67. The number of aliphatic hydroxyl groups excluding tert-OH is 1. The summed E-state index contributed by atoms with van der Waals surface area (Å²) in [6.07, 6.45) is 1.66. The Hall–Kier alpha value is -4.65. The van der Waals surface area contributed by atoms with Gasteiger partial charge in [-0.3, -0.25) is 34.2 Å². The van der Waals surface area contributed by atoms with Crippen LogP contribution in [0.25, 0.3) is 0 Å². The number of non-ortho nitro benzene ring substituents is 1. The van der Waals surface area contributed by atoms with Crippen LogP contribution in [0, 0.1) is 33.7 Å². The lowest BCUT2D eigenvalue weighted by Gasteiger charge is -2.50. The summed E-state index contributed by atoms with van der Waals surface area (Å²) in [5, 5.41) is 20.4. The zero-order chi connectivity index (χ0) is 34.1. The Morgan fingerprint density at radius 2 is 1.50 bits per heavy atom. The third-order valence-electron chi connectivity index (χ3n) is 9.79. The maximum atomic E-state index is 14.4. The molecule has 2 saturated heterocycles. The molecule has 2 aliphatic carbocycles. The highest BCUT2D eigenvalue weighted by atomic mass is 35.5. The van der Waals surface area contributed by atoms with Crippen LogP contribution in [0.2, 0.25) is 0 Å². The first-order valence-electron chi connectivity index (χ1n) is 15.1. The number of hydrogen-bond acceptors (Lipinski definition) is 8. The van der Waals surface area contributed by atoms with Crippen molar-refractivity contribution in [2.45, 2.75) is 28.5 Å². The number of nitrogens with zero attached hydrogens (tertiary/aromatic N) is 3. The third-order valence-corrected chi connectivity index (χ3v) is 11.2. The lowest BCUT2D eigenvalue weighted by Crippen LogP contribution is -2.60. The number of amides is 4. The Labute approximate surface area is 282 Å². The van der Waals surface area contributed by atoms with Crippen LogP contribution in [-0.4, -0.2) is 56.6 Å². The van der Waals surface area contributed by atoms with Gasteiger partial charge in [0.25, 0.3) is 17.5 Å². The average molecular weight is 694 g/mol. The minimum absolute atomic E-state index is 0.0460. The van der Waals surface area contributed by atoms with Crippen molar-refractivity contribution in [2.75, 3.05) is 23.0 Å². The predicted octanol–water partition coefficient (Wildman–Crippen LogP) is 4.87. The van der Waals surface area contributed by atoms with Gasteiger partial charge in [0.15, 0.2) is 9.75 Å². The summed E-state index contributed by atoms with van der Waals surface area (Å²) in [6, 6.07) is 16.4. The molecule has 246 valence electrons. The van der Waals surface area contributed by atoms with Crippen LogP contribution >= 0.6 is 23.2 Å². The predicted molar refractivity (Wildman–Crippen MR) is 171 cm³/mol. The van der Waals surface area contributed by atoms with Crippen LogP contribution < -0.4 is 14.5 Å². The van der Waals surface area contributed by atoms with Gasteiger partial charge in [0, 0.05) is 18.1 Å². The van der Waals surface area contributed by atoms with Crippen LogP contribution in [-0.2, 0) is 19.2 Å². The summed E-state index contributed by atoms with van der Waals surface area (Å²) in [5.74, 6) is -6.49. The van der Waals surface area contributed by atoms with Crippen molar-refractivity contribution in [3.63, 3.8) is 0 Å². The van der Waals surface area contributed by atoms with Crippen LogP contribution in [0.3, 0.4) is 0 Å². The molecule has 3 aromatic carbocycles. The van der Waals surface area contributed by atoms with Crippen LogP contribution in [0.15, 0.2) is 84.4 Å². The number of nitro benzene ring substituents is 1. The van der Waals surface area contributed by atoms with Gasteiger partial charge in [0.2, 0.25) is 11.8 Å². The Balaban J connectivity index is 1.34. The Morgan fingerprint density at radius 1 is 0.875 bits per heavy atom. The van der Waals surface area contributed by atoms with Gasteiger partial charge in [-0.05, 0) is 72.9 Å². The van der Waals surface area contributed by atoms with Crippen molar-refractivity contribution in [1.29, 1.82) is 0 Å². The molecule has 0 aromatic heterocycles. The largest absolute Gasteiger partial charge is 0.491 e. The van der Waals surface area contributed by atoms with Crippen molar-refractivity contribution in [1.82, 2.24) is 0 Å². The van der Waals surface area contributed by atoms with Crippen molar-refractivity contribution in [3.8, 4) is 5.75 Å². The molecule has 1 N–H and O–H groups in total. The summed E-state index contributed by atoms with van der Waals surface area (Å²) in [5.41, 5.74) is 1.09. The number of fused-ring (bicyclic) bond motifs is 4. The van der Waals surface area contributed by atoms with E-state index in [0.717, 1.165) is 21.9 Å². The Bertz CT molecular complexity index is 1900. The van der Waals surface area contributed by atoms with Crippen molar-refractivity contribution < 1.29 is 38.3 Å². The van der Waals surface area contributed by atoms with E-state index in [1.54, 1.807) is 30.3 Å². The molecule has 2 aliphatic heterocycles. The van der Waals surface area contributed by atoms with Crippen molar-refractivity contribution >= 4 is 63.9 Å². The number of anilines is 2. The summed E-state index contributed by atoms with van der Waals surface area (Å²) >= 11 is 14.7. The first-order chi connectivity index (χ1) is 22.9. The molecule has 48 heavy (non-hydrogen) atoms. The van der Waals surface area contributed by atoms with Crippen LogP contribution in [0.5, 0.6) is 5.75 Å². The highest BCUT2D eigenvalue weighted by Gasteiger charge is 2.76. The molecule has 0 unspecified atom stereocenters. The third kappa shape index (κ3) is 4.50. The maximum absolute atomic E-state index is 14.4. The van der Waals surface area contributed by atoms with E-state index in [4.69, 9.17) is 33.0 Å². The Morgan fingerprint density at radius 3 is 2.12 bits per heavy atom. The van der Waals surface area contributed by atoms with Crippen LogP contribution in [0.4, 0.5) is 21.5 Å². The minimum Gasteiger partial charge on any atom is -0.491 e. The Kier molecular flexibility index (Phi) is 7.65. The molecule has 7 rings (SSSR count). The normalized spacial score (nSPS) is 29.4. The topological polar surface area (TPSA) is 147 Å². The van der Waals surface area contributed by atoms with Crippen LogP contribution in [0.1, 0.15) is 24.3 Å². The van der Waals surface area contributed by atoms with E-state index in [9.17, 15) is 33.7 Å². The smallest absolute Gasteiger partial charge is 0.269 e. The summed E-state index contributed by atoms with van der Waals surface area (Å²) < 4.78 is 19.4. The van der Waals surface area contributed by atoms with E-state index in [-0.39, 0.29) is 43.1 Å². The van der Waals surface area contributed by atoms with Crippen molar-refractivity contribution in [2.24, 2.45) is 17.8 Å². The second-order valence-electron chi connectivity index (χ2n) is 12.2. The second-order valence-corrected chi connectivity index (χ2v) is 13.4. The molecule has 4 aliphatic rings. The van der Waals surface area contributed by atoms with E-state index in [2.05, 4.69) is 0 Å². The van der Waals surface area contributed by atoms with Gasteiger partial charge in [-0.15, -0.1) is 23.2 Å². The molecule has 4 amide bonds. The lowest BCUT2D eigenvalue weighted by molar-refractivity contribution is -0.384. The molecule has 6 atom stereocenters. The molecule has 14 heteroatoms. The molecule has 11 nitrogen and oxygen atoms in total. The van der Waals surface area contributed by atoms with E-state index >= 15 is 0 Å². The van der Waals surface area contributed by atoms with E-state index < -0.39 is 67.8 Å². The van der Waals surface area contributed by atoms with Gasteiger partial charge in [-0.25, -0.2) is 9.29 Å². The van der Waals surface area contributed by atoms with Gasteiger partial charge < -0.3 is 9.84 Å². The zero-order valence-electron chi connectivity index (χ0n) is 24.9. The molecular formula is C34H26Cl2FN3O8. The number of hydrogen-bond donors (Lipinski definition) is 1. The minimum atomic E-state index is -2.09. The molecular weight excluding hydrogens is 668 g/mol. The average Bonchev–Trinajstić information content (AvgIpc) is 3.42.